The van der Waals surface area contributed by atoms with Crippen LogP contribution in [0.2, 0.25) is 0 Å². The monoisotopic (exact) mass is 209 g/mol. The van der Waals surface area contributed by atoms with Gasteiger partial charge in [0.25, 0.3) is 5.91 Å². The molecule has 0 unspecified atom stereocenters. The van der Waals surface area contributed by atoms with Crippen molar-refractivity contribution in [2.45, 2.75) is 20.4 Å². The molecule has 1 aromatic rings. The molecule has 0 saturated heterocycles. The normalized spacial score (nSPS) is 10.4. The minimum absolute atomic E-state index is 0.0715. The van der Waals surface area contributed by atoms with E-state index in [0.717, 1.165) is 18.8 Å². The fourth-order valence-corrected chi connectivity index (χ4v) is 1.65. The van der Waals surface area contributed by atoms with Crippen molar-refractivity contribution in [2.24, 2.45) is 12.8 Å². The van der Waals surface area contributed by atoms with Crippen LogP contribution in [0.3, 0.4) is 0 Å². The number of nitrogens with two attached hydrogens (primary N) is 1. The Morgan fingerprint density at radius 2 is 2.00 bits per heavy atom. The van der Waals surface area contributed by atoms with E-state index in [9.17, 15) is 4.79 Å². The third-order valence-corrected chi connectivity index (χ3v) is 2.70. The molecule has 0 fully saturated rings. The van der Waals surface area contributed by atoms with Crippen LogP contribution in [-0.4, -0.2) is 28.5 Å². The van der Waals surface area contributed by atoms with E-state index < -0.39 is 0 Å². The van der Waals surface area contributed by atoms with Crippen LogP contribution in [0.15, 0.2) is 12.1 Å². The second kappa shape index (κ2) is 4.98. The first-order chi connectivity index (χ1) is 7.15. The van der Waals surface area contributed by atoms with Gasteiger partial charge in [-0.05, 0) is 26.0 Å². The van der Waals surface area contributed by atoms with Crippen molar-refractivity contribution in [1.82, 2.24) is 9.47 Å². The Morgan fingerprint density at radius 1 is 1.40 bits per heavy atom. The average Bonchev–Trinajstić information content (AvgIpc) is 2.61. The maximum atomic E-state index is 12.0. The van der Waals surface area contributed by atoms with Crippen LogP contribution in [-0.2, 0) is 13.6 Å². The molecule has 2 N–H and O–H groups in total. The van der Waals surface area contributed by atoms with Crippen molar-refractivity contribution in [3.63, 3.8) is 0 Å². The predicted molar refractivity (Wildman–Crippen MR) is 60.6 cm³/mol. The number of aromatic nitrogens is 1. The third kappa shape index (κ3) is 2.21. The molecular formula is C11H19N3O. The van der Waals surface area contributed by atoms with E-state index in [1.807, 2.05) is 37.6 Å². The molecule has 4 nitrogen and oxygen atoms in total. The van der Waals surface area contributed by atoms with Crippen LogP contribution in [0, 0.1) is 0 Å². The van der Waals surface area contributed by atoms with Gasteiger partial charge >= 0.3 is 0 Å². The highest BCUT2D eigenvalue weighted by Crippen LogP contribution is 2.09. The Kier molecular flexibility index (Phi) is 3.91. The summed E-state index contributed by atoms with van der Waals surface area (Å²) in [7, 11) is 1.87. The first kappa shape index (κ1) is 11.8. The van der Waals surface area contributed by atoms with Gasteiger partial charge in [0.15, 0.2) is 0 Å². The minimum Gasteiger partial charge on any atom is -0.342 e. The number of amides is 1. The molecule has 0 aromatic carbocycles. The molecule has 0 bridgehead atoms. The number of hydrogen-bond acceptors (Lipinski definition) is 2. The third-order valence-electron chi connectivity index (χ3n) is 2.70. The van der Waals surface area contributed by atoms with Crippen molar-refractivity contribution in [1.29, 1.82) is 0 Å². The van der Waals surface area contributed by atoms with Crippen LogP contribution in [0.1, 0.15) is 30.0 Å². The fourth-order valence-electron chi connectivity index (χ4n) is 1.65. The van der Waals surface area contributed by atoms with Crippen molar-refractivity contribution >= 4 is 5.91 Å². The molecule has 1 aromatic heterocycles. The summed E-state index contributed by atoms with van der Waals surface area (Å²) in [5.41, 5.74) is 7.24. The Hall–Kier alpha value is -1.29. The lowest BCUT2D eigenvalue weighted by molar-refractivity contribution is 0.0763. The maximum Gasteiger partial charge on any atom is 0.270 e. The summed E-state index contributed by atoms with van der Waals surface area (Å²) in [4.78, 5) is 13.8. The van der Waals surface area contributed by atoms with Crippen LogP contribution in [0.5, 0.6) is 0 Å². The molecule has 0 aliphatic heterocycles. The molecule has 0 atom stereocenters. The summed E-state index contributed by atoms with van der Waals surface area (Å²) in [5.74, 6) is 0.0715. The van der Waals surface area contributed by atoms with Crippen molar-refractivity contribution in [3.8, 4) is 0 Å². The molecule has 0 aliphatic carbocycles. The predicted octanol–water partition coefficient (Wildman–Crippen LogP) is 0.966. The summed E-state index contributed by atoms with van der Waals surface area (Å²) in [5, 5.41) is 0. The molecule has 15 heavy (non-hydrogen) atoms. The van der Waals surface area contributed by atoms with Gasteiger partial charge in [0.1, 0.15) is 5.69 Å². The standard InChI is InChI=1S/C11H19N3O/c1-4-14(5-2)11(15)10-7-6-9(8-12)13(10)3/h6-7H,4-5,8,12H2,1-3H3. The molecular weight excluding hydrogens is 190 g/mol. The van der Waals surface area contributed by atoms with Crippen molar-refractivity contribution < 1.29 is 4.79 Å². The zero-order chi connectivity index (χ0) is 11.4. The van der Waals surface area contributed by atoms with Crippen molar-refractivity contribution in [3.05, 3.63) is 23.5 Å². The average molecular weight is 209 g/mol. The largest absolute Gasteiger partial charge is 0.342 e. The highest BCUT2D eigenvalue weighted by atomic mass is 16.2. The van der Waals surface area contributed by atoms with Crippen LogP contribution >= 0.6 is 0 Å². The zero-order valence-electron chi connectivity index (χ0n) is 9.66. The summed E-state index contributed by atoms with van der Waals surface area (Å²) in [6.45, 7) is 5.89. The zero-order valence-corrected chi connectivity index (χ0v) is 9.66. The highest BCUT2D eigenvalue weighted by molar-refractivity contribution is 5.92. The van der Waals surface area contributed by atoms with E-state index in [1.54, 1.807) is 4.90 Å². The number of hydrogen-bond donors (Lipinski definition) is 1. The summed E-state index contributed by atoms with van der Waals surface area (Å²) in [6.07, 6.45) is 0. The number of nitrogens with zero attached hydrogens (tertiary/aromatic N) is 2. The Balaban J connectivity index is 2.95. The van der Waals surface area contributed by atoms with Gasteiger partial charge in [-0.25, -0.2) is 0 Å². The van der Waals surface area contributed by atoms with Crippen LogP contribution < -0.4 is 5.73 Å². The second-order valence-corrected chi connectivity index (χ2v) is 3.45. The van der Waals surface area contributed by atoms with E-state index in [-0.39, 0.29) is 5.91 Å². The Labute approximate surface area is 90.7 Å². The van der Waals surface area contributed by atoms with E-state index >= 15 is 0 Å². The smallest absolute Gasteiger partial charge is 0.270 e. The van der Waals surface area contributed by atoms with E-state index in [0.29, 0.717) is 12.2 Å². The van der Waals surface area contributed by atoms with Crippen molar-refractivity contribution in [2.75, 3.05) is 13.1 Å². The SMILES string of the molecule is CCN(CC)C(=O)c1ccc(CN)n1C. The molecule has 1 rings (SSSR count). The van der Waals surface area contributed by atoms with Gasteiger partial charge in [-0.3, -0.25) is 4.79 Å². The maximum absolute atomic E-state index is 12.0. The highest BCUT2D eigenvalue weighted by Gasteiger charge is 2.16. The number of carbonyl (C=O) groups excluding carboxylic acids is 1. The van der Waals surface area contributed by atoms with Gasteiger partial charge in [-0.1, -0.05) is 0 Å². The lowest BCUT2D eigenvalue weighted by Crippen LogP contribution is -2.32. The van der Waals surface area contributed by atoms with Crippen LogP contribution in [0.25, 0.3) is 0 Å². The van der Waals surface area contributed by atoms with Gasteiger partial charge in [0.2, 0.25) is 0 Å². The summed E-state index contributed by atoms with van der Waals surface area (Å²) < 4.78 is 1.86. The summed E-state index contributed by atoms with van der Waals surface area (Å²) in [6, 6.07) is 3.74. The summed E-state index contributed by atoms with van der Waals surface area (Å²) >= 11 is 0. The van der Waals surface area contributed by atoms with Crippen LogP contribution in [0.4, 0.5) is 0 Å². The number of rotatable bonds is 4. The Bertz CT molecular complexity index is 340. The van der Waals surface area contributed by atoms with Gasteiger partial charge in [0.05, 0.1) is 0 Å². The number of carbonyl (C=O) groups is 1. The van der Waals surface area contributed by atoms with Gasteiger partial charge in [-0.15, -0.1) is 0 Å². The first-order valence-electron chi connectivity index (χ1n) is 5.29. The molecule has 1 heterocycles. The van der Waals surface area contributed by atoms with E-state index in [4.69, 9.17) is 5.73 Å². The van der Waals surface area contributed by atoms with Gasteiger partial charge in [0, 0.05) is 32.4 Å². The Morgan fingerprint density at radius 3 is 2.40 bits per heavy atom. The topological polar surface area (TPSA) is 51.3 Å². The molecule has 1 amide bonds. The quantitative estimate of drug-likeness (QED) is 0.803. The van der Waals surface area contributed by atoms with E-state index in [2.05, 4.69) is 0 Å². The molecule has 0 radical (unpaired) electrons. The molecule has 0 aliphatic rings. The lowest BCUT2D eigenvalue weighted by atomic mass is 10.3. The fraction of sp³-hybridized carbons (Fsp3) is 0.545. The minimum atomic E-state index is 0.0715. The molecule has 84 valence electrons. The van der Waals surface area contributed by atoms with Gasteiger partial charge < -0.3 is 15.2 Å². The lowest BCUT2D eigenvalue weighted by Gasteiger charge is -2.19. The first-order valence-corrected chi connectivity index (χ1v) is 5.29. The molecule has 0 spiro atoms. The molecule has 4 heteroatoms. The molecule has 0 saturated carbocycles. The van der Waals surface area contributed by atoms with E-state index in [1.165, 1.54) is 0 Å². The van der Waals surface area contributed by atoms with Gasteiger partial charge in [-0.2, -0.15) is 0 Å². The second-order valence-electron chi connectivity index (χ2n) is 3.45.